The second kappa shape index (κ2) is 16.2. The molecule has 0 radical (unpaired) electrons. The van der Waals surface area contributed by atoms with Gasteiger partial charge in [-0.2, -0.15) is 0 Å². The van der Waals surface area contributed by atoms with Crippen LogP contribution in [0.5, 0.6) is 0 Å². The third-order valence-corrected chi connectivity index (χ3v) is 14.5. The molecule has 3 heteroatoms. The van der Waals surface area contributed by atoms with Gasteiger partial charge in [0.25, 0.3) is 0 Å². The minimum atomic E-state index is 0.851. The van der Waals surface area contributed by atoms with Crippen molar-refractivity contribution >= 4 is 81.3 Å². The maximum absolute atomic E-state index is 6.99. The lowest BCUT2D eigenvalue weighted by molar-refractivity contribution is 0.672. The minimum Gasteiger partial charge on any atom is -0.455 e. The van der Waals surface area contributed by atoms with Crippen molar-refractivity contribution in [2.24, 2.45) is 0 Å². The number of hydrogen-bond acceptors (Lipinski definition) is 3. The van der Waals surface area contributed by atoms with E-state index in [9.17, 15) is 0 Å². The smallest absolute Gasteiger partial charge is 0.143 e. The Morgan fingerprint density at radius 2 is 0.836 bits per heavy atom. The molecule has 0 amide bonds. The summed E-state index contributed by atoms with van der Waals surface area (Å²) in [5, 5.41) is 6.98. The first-order chi connectivity index (χ1) is 33.2. The van der Waals surface area contributed by atoms with E-state index in [-0.39, 0.29) is 0 Å². The predicted octanol–water partition coefficient (Wildman–Crippen LogP) is 18.9. The van der Waals surface area contributed by atoms with E-state index in [1.165, 1.54) is 75.6 Å². The molecule has 13 rings (SSSR count). The van der Waals surface area contributed by atoms with Gasteiger partial charge in [-0.15, -0.1) is 11.3 Å². The summed E-state index contributed by atoms with van der Waals surface area (Å²) >= 11 is 1.88. The summed E-state index contributed by atoms with van der Waals surface area (Å²) in [6.45, 7) is 0. The van der Waals surface area contributed by atoms with Crippen LogP contribution in [0.25, 0.3) is 109 Å². The first-order valence-corrected chi connectivity index (χ1v) is 23.6. The van der Waals surface area contributed by atoms with Crippen molar-refractivity contribution in [3.05, 3.63) is 249 Å². The van der Waals surface area contributed by atoms with E-state index in [0.717, 1.165) is 50.0 Å². The van der Waals surface area contributed by atoms with Gasteiger partial charge < -0.3 is 9.32 Å². The van der Waals surface area contributed by atoms with E-state index in [2.05, 4.69) is 254 Å². The summed E-state index contributed by atoms with van der Waals surface area (Å²) in [5.41, 5.74) is 16.9. The number of thiophene rings is 1. The Balaban J connectivity index is 0.990. The van der Waals surface area contributed by atoms with E-state index < -0.39 is 0 Å². The number of nitrogens with zero attached hydrogens (tertiary/aromatic N) is 1. The predicted molar refractivity (Wildman–Crippen MR) is 286 cm³/mol. The van der Waals surface area contributed by atoms with Crippen molar-refractivity contribution in [3.8, 4) is 55.6 Å². The van der Waals surface area contributed by atoms with Crippen molar-refractivity contribution in [1.82, 2.24) is 0 Å². The van der Waals surface area contributed by atoms with Gasteiger partial charge in [0.05, 0.1) is 11.1 Å². The normalized spacial score (nSPS) is 11.6. The SMILES string of the molecule is c1ccc(-c2ccc(-c3ccc4sc5c(-c6cc7c(oc8cccc(N(c9ccc(-c%10ccccc%10)cc9)c9cccc(-c%10ccccc%10)c9)c87)c7ccccc67)cccc5c4c3)cc2)cc1. The summed E-state index contributed by atoms with van der Waals surface area (Å²) in [7, 11) is 0. The van der Waals surface area contributed by atoms with Gasteiger partial charge >= 0.3 is 0 Å². The van der Waals surface area contributed by atoms with Crippen molar-refractivity contribution in [2.75, 3.05) is 4.90 Å². The third-order valence-electron chi connectivity index (χ3n) is 13.3. The highest BCUT2D eigenvalue weighted by atomic mass is 32.1. The molecule has 0 fully saturated rings. The molecule has 0 spiro atoms. The molecule has 2 nitrogen and oxygen atoms in total. The van der Waals surface area contributed by atoms with Crippen LogP contribution in [0.4, 0.5) is 17.1 Å². The van der Waals surface area contributed by atoms with Crippen molar-refractivity contribution in [1.29, 1.82) is 0 Å². The third kappa shape index (κ3) is 6.79. The lowest BCUT2D eigenvalue weighted by Gasteiger charge is -2.27. The second-order valence-electron chi connectivity index (χ2n) is 17.2. The average Bonchev–Trinajstić information content (AvgIpc) is 3.99. The van der Waals surface area contributed by atoms with Gasteiger partial charge in [0.1, 0.15) is 11.2 Å². The number of furan rings is 1. The zero-order chi connectivity index (χ0) is 44.3. The number of anilines is 3. The van der Waals surface area contributed by atoms with Crippen LogP contribution in [0.1, 0.15) is 0 Å². The van der Waals surface area contributed by atoms with Gasteiger partial charge in [0, 0.05) is 47.9 Å². The summed E-state index contributed by atoms with van der Waals surface area (Å²) in [6.07, 6.45) is 0. The number of hydrogen-bond donors (Lipinski definition) is 0. The Kier molecular flexibility index (Phi) is 9.40. The van der Waals surface area contributed by atoms with E-state index in [1.807, 2.05) is 11.3 Å². The molecule has 11 aromatic carbocycles. The highest BCUT2D eigenvalue weighted by molar-refractivity contribution is 7.26. The van der Waals surface area contributed by atoms with Gasteiger partial charge in [0.15, 0.2) is 0 Å². The van der Waals surface area contributed by atoms with E-state index in [1.54, 1.807) is 0 Å². The molecule has 13 aromatic rings. The van der Waals surface area contributed by atoms with E-state index in [0.29, 0.717) is 0 Å². The highest BCUT2D eigenvalue weighted by Crippen LogP contribution is 2.49. The number of rotatable bonds is 8. The van der Waals surface area contributed by atoms with Crippen LogP contribution in [0.15, 0.2) is 253 Å². The van der Waals surface area contributed by atoms with Crippen molar-refractivity contribution < 1.29 is 4.42 Å². The Labute approximate surface area is 392 Å². The van der Waals surface area contributed by atoms with E-state index in [4.69, 9.17) is 4.42 Å². The quantitative estimate of drug-likeness (QED) is 0.151. The monoisotopic (exact) mass is 871 g/mol. The van der Waals surface area contributed by atoms with Gasteiger partial charge in [-0.05, 0) is 110 Å². The molecule has 2 aromatic heterocycles. The zero-order valence-corrected chi connectivity index (χ0v) is 37.3. The van der Waals surface area contributed by atoms with Crippen molar-refractivity contribution in [2.45, 2.75) is 0 Å². The molecule has 0 atom stereocenters. The molecule has 2 heterocycles. The fourth-order valence-electron chi connectivity index (χ4n) is 10.0. The van der Waals surface area contributed by atoms with Crippen LogP contribution in [0, 0.1) is 0 Å². The Bertz CT molecular complexity index is 3950. The lowest BCUT2D eigenvalue weighted by atomic mass is 9.93. The van der Waals surface area contributed by atoms with Gasteiger partial charge in [-0.1, -0.05) is 194 Å². The molecule has 0 aliphatic heterocycles. The standard InChI is InChI=1S/C64H41NOS/c1-4-15-42(16-5-1)45-29-31-47(32-30-45)49-35-38-61-57(40-49)55-26-13-25-54(64(55)67-61)56-41-58-62-59(27-14-28-60(62)66-63(58)53-24-11-10-23-52(53)56)65(50-36-33-46(34-37-50)43-17-6-2-7-18-43)51-22-12-21-48(39-51)44-19-8-3-9-20-44/h1-41H. The van der Waals surface area contributed by atoms with Crippen molar-refractivity contribution in [3.63, 3.8) is 0 Å². The molecule has 0 saturated carbocycles. The first-order valence-electron chi connectivity index (χ1n) is 22.8. The number of fused-ring (bicyclic) bond motifs is 8. The molecule has 0 bridgehead atoms. The molecule has 0 aliphatic carbocycles. The minimum absolute atomic E-state index is 0.851. The van der Waals surface area contributed by atoms with Gasteiger partial charge in [-0.3, -0.25) is 0 Å². The van der Waals surface area contributed by atoms with Gasteiger partial charge in [-0.25, -0.2) is 0 Å². The maximum Gasteiger partial charge on any atom is 0.143 e. The number of benzene rings is 11. The largest absolute Gasteiger partial charge is 0.455 e. The molecular weight excluding hydrogens is 831 g/mol. The van der Waals surface area contributed by atoms with Crippen LogP contribution in [0.3, 0.4) is 0 Å². The van der Waals surface area contributed by atoms with Crippen LogP contribution < -0.4 is 4.90 Å². The maximum atomic E-state index is 6.99. The van der Waals surface area contributed by atoms with Crippen LogP contribution in [0.2, 0.25) is 0 Å². The average molecular weight is 872 g/mol. The zero-order valence-electron chi connectivity index (χ0n) is 36.4. The topological polar surface area (TPSA) is 16.4 Å². The molecule has 0 saturated heterocycles. The van der Waals surface area contributed by atoms with Crippen LogP contribution >= 0.6 is 11.3 Å². The molecular formula is C64H41NOS. The fourth-order valence-corrected chi connectivity index (χ4v) is 11.2. The highest BCUT2D eigenvalue weighted by Gasteiger charge is 2.23. The summed E-state index contributed by atoms with van der Waals surface area (Å²) in [5.74, 6) is 0. The molecule has 314 valence electrons. The first kappa shape index (κ1) is 38.9. The lowest BCUT2D eigenvalue weighted by Crippen LogP contribution is -2.10. The fraction of sp³-hybridized carbons (Fsp3) is 0. The van der Waals surface area contributed by atoms with Crippen LogP contribution in [-0.2, 0) is 0 Å². The van der Waals surface area contributed by atoms with E-state index >= 15 is 0 Å². The summed E-state index contributed by atoms with van der Waals surface area (Å²) < 4.78 is 9.55. The van der Waals surface area contributed by atoms with Crippen LogP contribution in [-0.4, -0.2) is 0 Å². The second-order valence-corrected chi connectivity index (χ2v) is 18.3. The Morgan fingerprint density at radius 3 is 1.54 bits per heavy atom. The Hall–Kier alpha value is -8.50. The van der Waals surface area contributed by atoms with Gasteiger partial charge in [0.2, 0.25) is 0 Å². The molecule has 0 aliphatic rings. The summed E-state index contributed by atoms with van der Waals surface area (Å²) in [6, 6.07) is 89.9. The molecule has 0 unspecified atom stereocenters. The summed E-state index contributed by atoms with van der Waals surface area (Å²) in [4.78, 5) is 2.40. The molecule has 67 heavy (non-hydrogen) atoms. The Morgan fingerprint density at radius 1 is 0.313 bits per heavy atom. The molecule has 0 N–H and O–H groups in total.